The number of ether oxygens (including phenoxy) is 1. The lowest BCUT2D eigenvalue weighted by atomic mass is 10.1. The zero-order valence-electron chi connectivity index (χ0n) is 10.8. The summed E-state index contributed by atoms with van der Waals surface area (Å²) in [5.41, 5.74) is 2.27. The second-order valence-electron chi connectivity index (χ2n) is 4.08. The average Bonchev–Trinajstić information content (AvgIpc) is 2.46. The predicted molar refractivity (Wildman–Crippen MR) is 77.9 cm³/mol. The van der Waals surface area contributed by atoms with Gasteiger partial charge >= 0.3 is 0 Å². The minimum atomic E-state index is 0.592. The molecule has 0 radical (unpaired) electrons. The molecule has 0 heterocycles. The summed E-state index contributed by atoms with van der Waals surface area (Å²) in [5, 5.41) is 0.593. The Labute approximate surface area is 117 Å². The maximum Gasteiger partial charge on any atom is 0.152 e. The number of rotatable bonds is 4. The van der Waals surface area contributed by atoms with Gasteiger partial charge < -0.3 is 9.64 Å². The molecule has 0 unspecified atom stereocenters. The molecule has 0 amide bonds. The number of benzene rings is 2. The van der Waals surface area contributed by atoms with E-state index in [9.17, 15) is 4.79 Å². The molecule has 0 saturated carbocycles. The predicted octanol–water partition coefficient (Wildman–Crippen LogP) is 3.93. The molecule has 98 valence electrons. The summed E-state index contributed by atoms with van der Waals surface area (Å²) in [5.74, 6) is 0.763. The van der Waals surface area contributed by atoms with E-state index in [2.05, 4.69) is 0 Å². The van der Waals surface area contributed by atoms with Crippen molar-refractivity contribution in [1.29, 1.82) is 0 Å². The fourth-order valence-corrected chi connectivity index (χ4v) is 2.03. The summed E-state index contributed by atoms with van der Waals surface area (Å²) in [4.78, 5) is 13.0. The van der Waals surface area contributed by atoms with Crippen molar-refractivity contribution >= 4 is 29.3 Å². The van der Waals surface area contributed by atoms with Crippen molar-refractivity contribution in [1.82, 2.24) is 0 Å². The molecular formula is C15H14ClNO2. The first-order chi connectivity index (χ1) is 9.15. The van der Waals surface area contributed by atoms with Crippen LogP contribution in [0.15, 0.2) is 42.5 Å². The van der Waals surface area contributed by atoms with Crippen LogP contribution in [0.3, 0.4) is 0 Å². The quantitative estimate of drug-likeness (QED) is 0.792. The van der Waals surface area contributed by atoms with E-state index in [1.807, 2.05) is 36.2 Å². The van der Waals surface area contributed by atoms with E-state index in [4.69, 9.17) is 16.3 Å². The van der Waals surface area contributed by atoms with Gasteiger partial charge in [0.1, 0.15) is 5.75 Å². The van der Waals surface area contributed by atoms with E-state index in [1.54, 1.807) is 25.3 Å². The molecule has 0 saturated heterocycles. The van der Waals surface area contributed by atoms with Crippen molar-refractivity contribution < 1.29 is 9.53 Å². The average molecular weight is 276 g/mol. The van der Waals surface area contributed by atoms with E-state index in [0.29, 0.717) is 10.6 Å². The van der Waals surface area contributed by atoms with E-state index >= 15 is 0 Å². The number of hydrogen-bond acceptors (Lipinski definition) is 3. The van der Waals surface area contributed by atoms with Gasteiger partial charge in [0.2, 0.25) is 0 Å². The molecular weight excluding hydrogens is 262 g/mol. The van der Waals surface area contributed by atoms with Crippen molar-refractivity contribution in [3.05, 3.63) is 53.1 Å². The van der Waals surface area contributed by atoms with E-state index < -0.39 is 0 Å². The molecule has 0 bridgehead atoms. The molecule has 0 aliphatic carbocycles. The van der Waals surface area contributed by atoms with Gasteiger partial charge in [0, 0.05) is 29.4 Å². The fraction of sp³-hybridized carbons (Fsp3) is 0.133. The van der Waals surface area contributed by atoms with Crippen LogP contribution >= 0.6 is 11.6 Å². The molecule has 0 spiro atoms. The van der Waals surface area contributed by atoms with Gasteiger partial charge in [-0.15, -0.1) is 0 Å². The molecule has 0 atom stereocenters. The third kappa shape index (κ3) is 2.88. The van der Waals surface area contributed by atoms with Crippen molar-refractivity contribution in [2.75, 3.05) is 19.1 Å². The topological polar surface area (TPSA) is 29.5 Å². The largest absolute Gasteiger partial charge is 0.497 e. The molecule has 0 N–H and O–H groups in total. The van der Waals surface area contributed by atoms with Gasteiger partial charge in [-0.1, -0.05) is 17.7 Å². The molecule has 0 fully saturated rings. The van der Waals surface area contributed by atoms with Crippen LogP contribution in [0.5, 0.6) is 5.75 Å². The van der Waals surface area contributed by atoms with Gasteiger partial charge in [0.05, 0.1) is 12.8 Å². The Morgan fingerprint density at radius 3 is 2.68 bits per heavy atom. The summed E-state index contributed by atoms with van der Waals surface area (Å²) in [6, 6.07) is 12.8. The molecule has 0 aliphatic heterocycles. The zero-order valence-corrected chi connectivity index (χ0v) is 11.5. The van der Waals surface area contributed by atoms with Crippen LogP contribution in [0.4, 0.5) is 11.4 Å². The van der Waals surface area contributed by atoms with Crippen LogP contribution < -0.4 is 9.64 Å². The second-order valence-corrected chi connectivity index (χ2v) is 4.52. The number of hydrogen-bond donors (Lipinski definition) is 0. The summed E-state index contributed by atoms with van der Waals surface area (Å²) in [6.07, 6.45) is 0.822. The smallest absolute Gasteiger partial charge is 0.152 e. The first kappa shape index (κ1) is 13.4. The number of methoxy groups -OCH3 is 1. The van der Waals surface area contributed by atoms with Crippen LogP contribution in [0.1, 0.15) is 10.4 Å². The minimum Gasteiger partial charge on any atom is -0.497 e. The molecule has 2 rings (SSSR count). The van der Waals surface area contributed by atoms with E-state index in [1.165, 1.54) is 0 Å². The Bertz CT molecular complexity index is 598. The van der Waals surface area contributed by atoms with Gasteiger partial charge in [-0.05, 0) is 30.3 Å². The van der Waals surface area contributed by atoms with Gasteiger partial charge in [-0.3, -0.25) is 4.79 Å². The number of carbonyl (C=O) groups excluding carboxylic acids is 1. The summed E-state index contributed by atoms with van der Waals surface area (Å²) in [7, 11) is 3.50. The Hall–Kier alpha value is -2.00. The highest BCUT2D eigenvalue weighted by molar-refractivity contribution is 6.31. The number of aldehydes is 1. The lowest BCUT2D eigenvalue weighted by Crippen LogP contribution is -2.11. The van der Waals surface area contributed by atoms with Crippen molar-refractivity contribution in [3.63, 3.8) is 0 Å². The normalized spacial score (nSPS) is 10.1. The third-order valence-electron chi connectivity index (χ3n) is 2.92. The SMILES string of the molecule is COc1cccc(N(C)c2cc(Cl)ccc2C=O)c1. The third-order valence-corrected chi connectivity index (χ3v) is 3.16. The highest BCUT2D eigenvalue weighted by Crippen LogP contribution is 2.30. The Balaban J connectivity index is 2.45. The minimum absolute atomic E-state index is 0.592. The highest BCUT2D eigenvalue weighted by Gasteiger charge is 2.10. The van der Waals surface area contributed by atoms with E-state index in [0.717, 1.165) is 23.4 Å². The first-order valence-electron chi connectivity index (χ1n) is 5.78. The molecule has 0 aromatic heterocycles. The lowest BCUT2D eigenvalue weighted by Gasteiger charge is -2.21. The van der Waals surface area contributed by atoms with Gasteiger partial charge in [-0.25, -0.2) is 0 Å². The molecule has 3 nitrogen and oxygen atoms in total. The van der Waals surface area contributed by atoms with Crippen LogP contribution in [-0.4, -0.2) is 20.4 Å². The fourth-order valence-electron chi connectivity index (χ4n) is 1.87. The van der Waals surface area contributed by atoms with E-state index in [-0.39, 0.29) is 0 Å². The van der Waals surface area contributed by atoms with Crippen LogP contribution in [0.2, 0.25) is 5.02 Å². The van der Waals surface area contributed by atoms with Gasteiger partial charge in [0.25, 0.3) is 0 Å². The van der Waals surface area contributed by atoms with Crippen molar-refractivity contribution in [3.8, 4) is 5.75 Å². The standard InChI is InChI=1S/C15H14ClNO2/c1-17(13-4-3-5-14(9-13)19-2)15-8-12(16)7-6-11(15)10-18/h3-10H,1-2H3. The number of anilines is 2. The van der Waals surface area contributed by atoms with Crippen molar-refractivity contribution in [2.45, 2.75) is 0 Å². The maximum absolute atomic E-state index is 11.1. The molecule has 0 aliphatic rings. The van der Waals surface area contributed by atoms with Crippen LogP contribution in [0, 0.1) is 0 Å². The Morgan fingerprint density at radius 2 is 2.00 bits per heavy atom. The summed E-state index contributed by atoms with van der Waals surface area (Å²) in [6.45, 7) is 0. The second kappa shape index (κ2) is 5.76. The first-order valence-corrected chi connectivity index (χ1v) is 6.16. The molecule has 4 heteroatoms. The van der Waals surface area contributed by atoms with Gasteiger partial charge in [-0.2, -0.15) is 0 Å². The Kier molecular flexibility index (Phi) is 4.07. The number of carbonyl (C=O) groups is 1. The summed E-state index contributed by atoms with van der Waals surface area (Å²) >= 11 is 6.00. The van der Waals surface area contributed by atoms with Gasteiger partial charge in [0.15, 0.2) is 6.29 Å². The monoisotopic (exact) mass is 275 g/mol. The molecule has 2 aromatic carbocycles. The van der Waals surface area contributed by atoms with Crippen molar-refractivity contribution in [2.24, 2.45) is 0 Å². The molecule has 2 aromatic rings. The number of halogens is 1. The maximum atomic E-state index is 11.1. The van der Waals surface area contributed by atoms with Crippen LogP contribution in [-0.2, 0) is 0 Å². The number of nitrogens with zero attached hydrogens (tertiary/aromatic N) is 1. The summed E-state index contributed by atoms with van der Waals surface area (Å²) < 4.78 is 5.20. The zero-order chi connectivity index (χ0) is 13.8. The lowest BCUT2D eigenvalue weighted by molar-refractivity contribution is 0.112. The Morgan fingerprint density at radius 1 is 1.21 bits per heavy atom. The van der Waals surface area contributed by atoms with Crippen LogP contribution in [0.25, 0.3) is 0 Å². The molecule has 19 heavy (non-hydrogen) atoms. The highest BCUT2D eigenvalue weighted by atomic mass is 35.5.